The number of pyridine rings is 1. The van der Waals surface area contributed by atoms with Crippen LogP contribution in [0.4, 0.5) is 10.1 Å². The lowest BCUT2D eigenvalue weighted by Gasteiger charge is -2.11. The number of carbonyl (C=O) groups excluding carboxylic acids is 1. The number of esters is 1. The maximum atomic E-state index is 14.7. The molecule has 0 atom stereocenters. The summed E-state index contributed by atoms with van der Waals surface area (Å²) in [7, 11) is 0. The Morgan fingerprint density at radius 3 is 2.88 bits per heavy atom. The van der Waals surface area contributed by atoms with Crippen LogP contribution in [0.15, 0.2) is 30.5 Å². The maximum Gasteiger partial charge on any atom is 0.358 e. The van der Waals surface area contributed by atoms with Crippen LogP contribution in [0.25, 0.3) is 22.2 Å². The van der Waals surface area contributed by atoms with E-state index in [2.05, 4.69) is 9.97 Å². The van der Waals surface area contributed by atoms with E-state index in [1.54, 1.807) is 24.4 Å². The van der Waals surface area contributed by atoms with Crippen molar-refractivity contribution in [2.24, 2.45) is 5.92 Å². The van der Waals surface area contributed by atoms with Gasteiger partial charge >= 0.3 is 5.97 Å². The monoisotopic (exact) mass is 361 g/mol. The molecule has 0 saturated carbocycles. The Kier molecular flexibility index (Phi) is 4.63. The third kappa shape index (κ3) is 3.30. The highest BCUT2D eigenvalue weighted by Gasteiger charge is 2.20. The number of nitrogens with one attached hydrogen (secondary N) is 1. The fraction of sp³-hybridized carbons (Fsp3) is 0.222. The molecule has 2 aromatic heterocycles. The lowest BCUT2D eigenvalue weighted by Crippen LogP contribution is -2.13. The van der Waals surface area contributed by atoms with Crippen molar-refractivity contribution in [3.05, 3.63) is 47.0 Å². The number of hydrogen-bond acceptors (Lipinski definition) is 4. The van der Waals surface area contributed by atoms with Crippen LogP contribution in [0.1, 0.15) is 24.3 Å². The number of H-pyrrole nitrogens is 1. The molecule has 5 nitrogen and oxygen atoms in total. The number of nitrogens with zero attached hydrogens (tertiary/aromatic N) is 1. The van der Waals surface area contributed by atoms with Crippen molar-refractivity contribution in [1.82, 2.24) is 9.97 Å². The molecule has 25 heavy (non-hydrogen) atoms. The fourth-order valence-electron chi connectivity index (χ4n) is 2.42. The standard InChI is InChI=1S/C18H17ClFN3O2/c1-9(2)8-25-18(24)17-14(19)12(21)7-13(23-17)11-4-3-10-5-6-22-16(10)15(11)20/h3-7,9,22H,8H2,1-2H3,(H2,21,23). The summed E-state index contributed by atoms with van der Waals surface area (Å²) in [5.74, 6) is -0.997. The van der Waals surface area contributed by atoms with E-state index in [-0.39, 0.29) is 40.2 Å². The summed E-state index contributed by atoms with van der Waals surface area (Å²) >= 11 is 6.09. The van der Waals surface area contributed by atoms with Crippen molar-refractivity contribution in [3.63, 3.8) is 0 Å². The molecule has 3 rings (SSSR count). The van der Waals surface area contributed by atoms with Gasteiger partial charge in [0.05, 0.1) is 28.5 Å². The second-order valence-electron chi connectivity index (χ2n) is 6.12. The van der Waals surface area contributed by atoms with Crippen molar-refractivity contribution in [3.8, 4) is 11.3 Å². The van der Waals surface area contributed by atoms with E-state index in [0.29, 0.717) is 5.52 Å². The lowest BCUT2D eigenvalue weighted by molar-refractivity contribution is 0.0452. The molecule has 3 N–H and O–H groups in total. The van der Waals surface area contributed by atoms with Crippen molar-refractivity contribution in [1.29, 1.82) is 0 Å². The first-order chi connectivity index (χ1) is 11.9. The number of nitrogen functional groups attached to an aromatic ring is 1. The first kappa shape index (κ1) is 17.2. The first-order valence-electron chi connectivity index (χ1n) is 7.77. The minimum Gasteiger partial charge on any atom is -0.461 e. The lowest BCUT2D eigenvalue weighted by atomic mass is 10.1. The van der Waals surface area contributed by atoms with Gasteiger partial charge in [0.2, 0.25) is 0 Å². The zero-order valence-corrected chi connectivity index (χ0v) is 14.5. The molecule has 0 aliphatic rings. The predicted octanol–water partition coefficient (Wildman–Crippen LogP) is 4.42. The van der Waals surface area contributed by atoms with Gasteiger partial charge in [-0.15, -0.1) is 0 Å². The largest absolute Gasteiger partial charge is 0.461 e. The number of rotatable bonds is 4. The van der Waals surface area contributed by atoms with Crippen LogP contribution in [0.2, 0.25) is 5.02 Å². The summed E-state index contributed by atoms with van der Waals surface area (Å²) in [5.41, 5.74) is 6.69. The number of ether oxygens (including phenoxy) is 1. The van der Waals surface area contributed by atoms with E-state index >= 15 is 0 Å². The Hall–Kier alpha value is -2.60. The van der Waals surface area contributed by atoms with Crippen LogP contribution in [0.3, 0.4) is 0 Å². The molecule has 0 bridgehead atoms. The molecule has 0 unspecified atom stereocenters. The van der Waals surface area contributed by atoms with E-state index in [1.165, 1.54) is 6.07 Å². The third-order valence-corrected chi connectivity index (χ3v) is 4.06. The fourth-order valence-corrected chi connectivity index (χ4v) is 2.60. The van der Waals surface area contributed by atoms with E-state index < -0.39 is 11.8 Å². The number of hydrogen-bond donors (Lipinski definition) is 2. The van der Waals surface area contributed by atoms with Gasteiger partial charge in [-0.05, 0) is 24.1 Å². The van der Waals surface area contributed by atoms with Gasteiger partial charge in [-0.25, -0.2) is 14.2 Å². The number of nitrogens with two attached hydrogens (primary N) is 1. The number of carbonyl (C=O) groups is 1. The molecule has 0 saturated heterocycles. The van der Waals surface area contributed by atoms with Gasteiger partial charge in [0, 0.05) is 17.1 Å². The van der Waals surface area contributed by atoms with E-state index in [4.69, 9.17) is 22.1 Å². The second-order valence-corrected chi connectivity index (χ2v) is 6.50. The van der Waals surface area contributed by atoms with Crippen LogP contribution in [-0.2, 0) is 4.74 Å². The van der Waals surface area contributed by atoms with Crippen molar-refractivity contribution in [2.75, 3.05) is 12.3 Å². The van der Waals surface area contributed by atoms with E-state index in [0.717, 1.165) is 5.39 Å². The molecule has 2 heterocycles. The SMILES string of the molecule is CC(C)COC(=O)c1nc(-c2ccc3cc[nH]c3c2F)cc(N)c1Cl. The van der Waals surface area contributed by atoms with Crippen molar-refractivity contribution >= 4 is 34.2 Å². The summed E-state index contributed by atoms with van der Waals surface area (Å²) in [5, 5.41) is 0.735. The van der Waals surface area contributed by atoms with Crippen LogP contribution in [0, 0.1) is 11.7 Å². The highest BCUT2D eigenvalue weighted by atomic mass is 35.5. The number of benzene rings is 1. The molecule has 0 radical (unpaired) electrons. The van der Waals surface area contributed by atoms with Gasteiger partial charge in [-0.1, -0.05) is 31.5 Å². The molecule has 130 valence electrons. The molecule has 7 heteroatoms. The summed E-state index contributed by atoms with van der Waals surface area (Å²) in [6, 6.07) is 6.55. The summed E-state index contributed by atoms with van der Waals surface area (Å²) < 4.78 is 19.9. The number of fused-ring (bicyclic) bond motifs is 1. The summed E-state index contributed by atoms with van der Waals surface area (Å²) in [6.45, 7) is 4.05. The normalized spacial score (nSPS) is 11.2. The Labute approximate surface area is 149 Å². The smallest absolute Gasteiger partial charge is 0.358 e. The molecule has 0 amide bonds. The Balaban J connectivity index is 2.07. The second kappa shape index (κ2) is 6.72. The maximum absolute atomic E-state index is 14.7. The van der Waals surface area contributed by atoms with Crippen LogP contribution in [0.5, 0.6) is 0 Å². The Bertz CT molecular complexity index is 953. The molecule has 1 aromatic carbocycles. The topological polar surface area (TPSA) is 81.0 Å². The van der Waals surface area contributed by atoms with Crippen LogP contribution < -0.4 is 5.73 Å². The summed E-state index contributed by atoms with van der Waals surface area (Å²) in [6.07, 6.45) is 1.65. The molecule has 0 aliphatic heterocycles. The summed E-state index contributed by atoms with van der Waals surface area (Å²) in [4.78, 5) is 19.3. The minimum absolute atomic E-state index is 0.00105. The van der Waals surface area contributed by atoms with Gasteiger partial charge < -0.3 is 15.5 Å². The molecule has 0 aliphatic carbocycles. The highest BCUT2D eigenvalue weighted by Crippen LogP contribution is 2.32. The Morgan fingerprint density at radius 2 is 2.16 bits per heavy atom. The molecule has 3 aromatic rings. The number of halogens is 2. The van der Waals surface area contributed by atoms with Crippen LogP contribution in [-0.4, -0.2) is 22.5 Å². The van der Waals surface area contributed by atoms with Gasteiger partial charge in [-0.2, -0.15) is 0 Å². The molecule has 0 spiro atoms. The third-order valence-electron chi connectivity index (χ3n) is 3.67. The van der Waals surface area contributed by atoms with Gasteiger partial charge in [0.25, 0.3) is 0 Å². The first-order valence-corrected chi connectivity index (χ1v) is 8.15. The van der Waals surface area contributed by atoms with Crippen molar-refractivity contribution < 1.29 is 13.9 Å². The number of aromatic nitrogens is 2. The van der Waals surface area contributed by atoms with Crippen molar-refractivity contribution in [2.45, 2.75) is 13.8 Å². The van der Waals surface area contributed by atoms with Gasteiger partial charge in [0.15, 0.2) is 11.5 Å². The molecular formula is C18H17ClFN3O2. The van der Waals surface area contributed by atoms with E-state index in [9.17, 15) is 9.18 Å². The average molecular weight is 362 g/mol. The average Bonchev–Trinajstić information content (AvgIpc) is 3.05. The van der Waals surface area contributed by atoms with E-state index in [1.807, 2.05) is 13.8 Å². The zero-order valence-electron chi connectivity index (χ0n) is 13.8. The Morgan fingerprint density at radius 1 is 1.40 bits per heavy atom. The van der Waals surface area contributed by atoms with Crippen LogP contribution >= 0.6 is 11.6 Å². The quantitative estimate of drug-likeness (QED) is 0.674. The highest BCUT2D eigenvalue weighted by molar-refractivity contribution is 6.35. The van der Waals surface area contributed by atoms with Gasteiger partial charge in [0.1, 0.15) is 0 Å². The minimum atomic E-state index is -0.686. The number of aromatic amines is 1. The molecular weight excluding hydrogens is 345 g/mol. The molecule has 0 fully saturated rings. The number of anilines is 1. The van der Waals surface area contributed by atoms with Gasteiger partial charge in [-0.3, -0.25) is 0 Å². The zero-order chi connectivity index (χ0) is 18.1. The predicted molar refractivity (Wildman–Crippen MR) is 96.0 cm³/mol.